The van der Waals surface area contributed by atoms with Crippen molar-refractivity contribution in [2.24, 2.45) is 11.3 Å². The maximum absolute atomic E-state index is 12.2. The molecule has 0 amide bonds. The molecule has 0 aliphatic heterocycles. The van der Waals surface area contributed by atoms with Crippen LogP contribution >= 0.6 is 7.91 Å². The van der Waals surface area contributed by atoms with Crippen LogP contribution in [0.3, 0.4) is 0 Å². The second kappa shape index (κ2) is 4.54. The predicted molar refractivity (Wildman–Crippen MR) is 50.1 cm³/mol. The summed E-state index contributed by atoms with van der Waals surface area (Å²) in [5.74, 6) is 0.282. The number of halogens is 1. The van der Waals surface area contributed by atoms with Crippen LogP contribution in [0.1, 0.15) is 34.1 Å². The molecule has 0 aliphatic carbocycles. The van der Waals surface area contributed by atoms with E-state index in [2.05, 4.69) is 4.52 Å². The van der Waals surface area contributed by atoms with Crippen LogP contribution in [0.4, 0.5) is 4.20 Å². The number of hydrogen-bond acceptors (Lipinski definition) is 2. The van der Waals surface area contributed by atoms with Crippen molar-refractivity contribution in [1.29, 1.82) is 0 Å². The van der Waals surface area contributed by atoms with Gasteiger partial charge in [0.05, 0.1) is 6.61 Å². The van der Waals surface area contributed by atoms with E-state index < -0.39 is 7.91 Å². The van der Waals surface area contributed by atoms with E-state index in [4.69, 9.17) is 4.89 Å². The highest BCUT2D eigenvalue weighted by Crippen LogP contribution is 2.46. The first-order chi connectivity index (χ1) is 5.71. The zero-order chi connectivity index (χ0) is 10.7. The lowest BCUT2D eigenvalue weighted by atomic mass is 9.78. The Kier molecular flexibility index (Phi) is 4.56. The largest absolute Gasteiger partial charge is 0.510 e. The van der Waals surface area contributed by atoms with Crippen molar-refractivity contribution in [3.05, 3.63) is 0 Å². The molecule has 2 unspecified atom stereocenters. The molecule has 2 atom stereocenters. The van der Waals surface area contributed by atoms with Crippen LogP contribution in [0.25, 0.3) is 0 Å². The van der Waals surface area contributed by atoms with Crippen LogP contribution in [0.2, 0.25) is 0 Å². The minimum Gasteiger partial charge on any atom is -0.299 e. The monoisotopic (exact) mass is 212 g/mol. The SMILES string of the molecule is CCC(C)(COP(=O)(O)F)C(C)C. The molecule has 5 heteroatoms. The Balaban J connectivity index is 4.22. The fraction of sp³-hybridized carbons (Fsp3) is 1.00. The Hall–Kier alpha value is 0.0800. The van der Waals surface area contributed by atoms with Crippen LogP contribution in [0.15, 0.2) is 0 Å². The Morgan fingerprint density at radius 2 is 2.08 bits per heavy atom. The summed E-state index contributed by atoms with van der Waals surface area (Å²) in [6.07, 6.45) is 0.782. The summed E-state index contributed by atoms with van der Waals surface area (Å²) in [6, 6.07) is 0. The van der Waals surface area contributed by atoms with Crippen molar-refractivity contribution in [3.63, 3.8) is 0 Å². The minimum atomic E-state index is -4.82. The highest BCUT2D eigenvalue weighted by molar-refractivity contribution is 7.46. The predicted octanol–water partition coefficient (Wildman–Crippen LogP) is 3.15. The van der Waals surface area contributed by atoms with Gasteiger partial charge in [-0.05, 0) is 17.8 Å². The second-order valence-corrected chi connectivity index (χ2v) is 5.05. The van der Waals surface area contributed by atoms with Crippen LogP contribution in [0, 0.1) is 11.3 Å². The van der Waals surface area contributed by atoms with Gasteiger partial charge in [-0.2, -0.15) is 0 Å². The lowest BCUT2D eigenvalue weighted by molar-refractivity contribution is 0.0876. The van der Waals surface area contributed by atoms with Gasteiger partial charge in [0.2, 0.25) is 0 Å². The van der Waals surface area contributed by atoms with E-state index in [1.54, 1.807) is 0 Å². The van der Waals surface area contributed by atoms with Gasteiger partial charge in [-0.15, -0.1) is 4.20 Å². The van der Waals surface area contributed by atoms with Gasteiger partial charge in [0, 0.05) is 0 Å². The zero-order valence-corrected chi connectivity index (χ0v) is 9.47. The normalized spacial score (nSPS) is 21.2. The van der Waals surface area contributed by atoms with Crippen molar-refractivity contribution in [2.75, 3.05) is 6.61 Å². The zero-order valence-electron chi connectivity index (χ0n) is 8.58. The van der Waals surface area contributed by atoms with Gasteiger partial charge in [-0.25, -0.2) is 4.57 Å². The molecule has 0 heterocycles. The molecule has 0 aromatic heterocycles. The summed E-state index contributed by atoms with van der Waals surface area (Å²) in [7, 11) is -4.82. The van der Waals surface area contributed by atoms with Gasteiger partial charge in [0.1, 0.15) is 0 Å². The molecule has 0 aliphatic rings. The fourth-order valence-corrected chi connectivity index (χ4v) is 1.36. The van der Waals surface area contributed by atoms with Crippen molar-refractivity contribution >= 4 is 7.91 Å². The summed E-state index contributed by atoms with van der Waals surface area (Å²) in [5, 5.41) is 0. The van der Waals surface area contributed by atoms with Gasteiger partial charge >= 0.3 is 7.91 Å². The molecule has 0 aromatic rings. The smallest absolute Gasteiger partial charge is 0.299 e. The highest BCUT2D eigenvalue weighted by Gasteiger charge is 2.30. The molecular formula is C8H18FO3P. The molecule has 0 fully saturated rings. The first kappa shape index (κ1) is 13.1. The lowest BCUT2D eigenvalue weighted by Crippen LogP contribution is -2.27. The molecule has 0 rings (SSSR count). The average Bonchev–Trinajstić information content (AvgIpc) is 1.98. The molecule has 0 aromatic carbocycles. The van der Waals surface area contributed by atoms with Crippen molar-refractivity contribution < 1.29 is 18.2 Å². The molecule has 0 saturated carbocycles. The van der Waals surface area contributed by atoms with E-state index in [1.807, 2.05) is 27.7 Å². The van der Waals surface area contributed by atoms with E-state index >= 15 is 0 Å². The van der Waals surface area contributed by atoms with Crippen LogP contribution in [-0.2, 0) is 9.09 Å². The summed E-state index contributed by atoms with van der Waals surface area (Å²) in [4.78, 5) is 8.32. The summed E-state index contributed by atoms with van der Waals surface area (Å²) in [5.41, 5.74) is -0.246. The molecule has 0 saturated heterocycles. The Morgan fingerprint density at radius 3 is 2.31 bits per heavy atom. The van der Waals surface area contributed by atoms with Crippen molar-refractivity contribution in [3.8, 4) is 0 Å². The van der Waals surface area contributed by atoms with Crippen LogP contribution < -0.4 is 0 Å². The first-order valence-electron chi connectivity index (χ1n) is 4.38. The number of rotatable bonds is 5. The van der Waals surface area contributed by atoms with Crippen LogP contribution in [-0.4, -0.2) is 11.5 Å². The summed E-state index contributed by atoms with van der Waals surface area (Å²) in [6.45, 7) is 7.80. The Labute approximate surface area is 79.0 Å². The number of hydrogen-bond donors (Lipinski definition) is 1. The molecule has 0 bridgehead atoms. The van der Waals surface area contributed by atoms with Gasteiger partial charge in [0.15, 0.2) is 0 Å². The quantitative estimate of drug-likeness (QED) is 0.712. The molecule has 1 N–H and O–H groups in total. The van der Waals surface area contributed by atoms with E-state index in [-0.39, 0.29) is 17.9 Å². The summed E-state index contributed by atoms with van der Waals surface area (Å²) < 4.78 is 26.8. The molecule has 80 valence electrons. The van der Waals surface area contributed by atoms with Crippen LogP contribution in [0.5, 0.6) is 0 Å². The standard InChI is InChI=1S/C8H18FO3P/c1-5-8(4,7(2)3)6-12-13(9,10)11/h7H,5-6H2,1-4H3,(H,10,11). The Bertz CT molecular complexity index is 202. The van der Waals surface area contributed by atoms with E-state index in [9.17, 15) is 8.76 Å². The maximum Gasteiger partial charge on any atom is 0.510 e. The molecule has 0 radical (unpaired) electrons. The van der Waals surface area contributed by atoms with Gasteiger partial charge in [-0.3, -0.25) is 9.42 Å². The molecular weight excluding hydrogens is 194 g/mol. The highest BCUT2D eigenvalue weighted by atomic mass is 31.2. The second-order valence-electron chi connectivity index (χ2n) is 3.89. The van der Waals surface area contributed by atoms with Crippen molar-refractivity contribution in [2.45, 2.75) is 34.1 Å². The average molecular weight is 212 g/mol. The summed E-state index contributed by atoms with van der Waals surface area (Å²) >= 11 is 0. The van der Waals surface area contributed by atoms with E-state index in [1.165, 1.54) is 0 Å². The maximum atomic E-state index is 12.2. The van der Waals surface area contributed by atoms with Gasteiger partial charge in [-0.1, -0.05) is 27.7 Å². The van der Waals surface area contributed by atoms with Gasteiger partial charge in [0.25, 0.3) is 0 Å². The molecule has 3 nitrogen and oxygen atoms in total. The minimum absolute atomic E-state index is 0.0224. The molecule has 0 spiro atoms. The van der Waals surface area contributed by atoms with Gasteiger partial charge < -0.3 is 0 Å². The first-order valence-corrected chi connectivity index (χ1v) is 5.85. The lowest BCUT2D eigenvalue weighted by Gasteiger charge is -2.31. The van der Waals surface area contributed by atoms with Crippen molar-refractivity contribution in [1.82, 2.24) is 0 Å². The van der Waals surface area contributed by atoms with E-state index in [0.29, 0.717) is 0 Å². The topological polar surface area (TPSA) is 46.5 Å². The Morgan fingerprint density at radius 1 is 1.62 bits per heavy atom. The third-order valence-electron chi connectivity index (χ3n) is 2.76. The van der Waals surface area contributed by atoms with E-state index in [0.717, 1.165) is 6.42 Å². The third kappa shape index (κ3) is 4.75. The molecule has 13 heavy (non-hydrogen) atoms. The fourth-order valence-electron chi connectivity index (χ4n) is 0.904. The third-order valence-corrected chi connectivity index (χ3v) is 3.20.